The molecule has 0 aliphatic carbocycles. The van der Waals surface area contributed by atoms with Crippen LogP contribution in [-0.4, -0.2) is 57.5 Å². The minimum Gasteiger partial charge on any atom is -0.497 e. The molecule has 11 heteroatoms. The van der Waals surface area contributed by atoms with Crippen molar-refractivity contribution in [2.75, 3.05) is 25.1 Å². The van der Waals surface area contributed by atoms with E-state index in [2.05, 4.69) is 5.32 Å². The van der Waals surface area contributed by atoms with Gasteiger partial charge in [-0.1, -0.05) is 71.8 Å². The molecule has 0 unspecified atom stereocenters. The molecule has 1 atom stereocenters. The van der Waals surface area contributed by atoms with Gasteiger partial charge in [-0.3, -0.25) is 13.9 Å². The molecule has 48 heavy (non-hydrogen) atoms. The summed E-state index contributed by atoms with van der Waals surface area (Å²) in [6.45, 7) is 6.81. The molecule has 0 bridgehead atoms. The van der Waals surface area contributed by atoms with Crippen LogP contribution in [0.3, 0.4) is 0 Å². The summed E-state index contributed by atoms with van der Waals surface area (Å²) in [7, 11) is -1.45. The number of hydrogen-bond acceptors (Lipinski definition) is 6. The molecule has 0 aromatic heterocycles. The molecule has 4 aromatic carbocycles. The second-order valence-electron chi connectivity index (χ2n) is 12.5. The zero-order valence-corrected chi connectivity index (χ0v) is 29.6. The number of ether oxygens (including phenoxy) is 2. The van der Waals surface area contributed by atoms with Crippen molar-refractivity contribution in [1.29, 1.82) is 0 Å². The summed E-state index contributed by atoms with van der Waals surface area (Å²) in [4.78, 5) is 30.2. The largest absolute Gasteiger partial charge is 0.497 e. The Labute approximate surface area is 288 Å². The standard InChI is InChI=1S/C37H42ClN3O6S/c1-26-12-19-31(20-13-26)48(44,45)41(32-23-30(46-5)18-21-34(32)47-6)25-35(42)40(24-28-14-16-29(38)17-15-28)33(36(43)39-37(2,3)4)22-27-10-8-7-9-11-27/h7-21,23,33H,22,24-25H2,1-6H3,(H,39,43)/t33-/m1/s1. The summed E-state index contributed by atoms with van der Waals surface area (Å²) in [5.41, 5.74) is 1.92. The van der Waals surface area contributed by atoms with Gasteiger partial charge < -0.3 is 19.7 Å². The van der Waals surface area contributed by atoms with E-state index < -0.39 is 34.1 Å². The third-order valence-corrected chi connectivity index (χ3v) is 9.60. The number of amides is 2. The second-order valence-corrected chi connectivity index (χ2v) is 14.8. The van der Waals surface area contributed by atoms with Crippen LogP contribution >= 0.6 is 11.6 Å². The highest BCUT2D eigenvalue weighted by atomic mass is 35.5. The number of benzene rings is 4. The van der Waals surface area contributed by atoms with Crippen molar-refractivity contribution in [3.05, 3.63) is 119 Å². The quantitative estimate of drug-likeness (QED) is 0.174. The Morgan fingerprint density at radius 2 is 1.50 bits per heavy atom. The summed E-state index contributed by atoms with van der Waals surface area (Å²) in [6.07, 6.45) is 0.190. The summed E-state index contributed by atoms with van der Waals surface area (Å²) in [5, 5.41) is 3.54. The topological polar surface area (TPSA) is 105 Å². The van der Waals surface area contributed by atoms with E-state index in [9.17, 15) is 18.0 Å². The maximum Gasteiger partial charge on any atom is 0.264 e. The Kier molecular flexibility index (Phi) is 11.8. The Morgan fingerprint density at radius 3 is 2.08 bits per heavy atom. The number of rotatable bonds is 13. The van der Waals surface area contributed by atoms with Crippen molar-refractivity contribution in [3.8, 4) is 11.5 Å². The average molecular weight is 692 g/mol. The number of methoxy groups -OCH3 is 2. The van der Waals surface area contributed by atoms with E-state index in [-0.39, 0.29) is 35.2 Å². The van der Waals surface area contributed by atoms with E-state index in [4.69, 9.17) is 21.1 Å². The molecule has 4 aromatic rings. The number of halogens is 1. The van der Waals surface area contributed by atoms with Crippen molar-refractivity contribution >= 4 is 39.1 Å². The Balaban J connectivity index is 1.88. The number of carbonyl (C=O) groups excluding carboxylic acids is 2. The third kappa shape index (κ3) is 9.29. The first-order valence-electron chi connectivity index (χ1n) is 15.4. The number of sulfonamides is 1. The van der Waals surface area contributed by atoms with Crippen LogP contribution < -0.4 is 19.1 Å². The zero-order chi connectivity index (χ0) is 35.1. The summed E-state index contributed by atoms with van der Waals surface area (Å²) >= 11 is 6.17. The van der Waals surface area contributed by atoms with E-state index >= 15 is 0 Å². The van der Waals surface area contributed by atoms with Gasteiger partial charge in [-0.05, 0) is 75.2 Å². The highest BCUT2D eigenvalue weighted by Gasteiger charge is 2.36. The molecule has 0 heterocycles. The van der Waals surface area contributed by atoms with Gasteiger partial charge in [0.05, 0.1) is 24.8 Å². The number of aryl methyl sites for hydroxylation is 1. The third-order valence-electron chi connectivity index (χ3n) is 7.58. The Bertz CT molecular complexity index is 1810. The lowest BCUT2D eigenvalue weighted by Gasteiger charge is -2.35. The number of nitrogens with one attached hydrogen (secondary N) is 1. The van der Waals surface area contributed by atoms with E-state index in [1.54, 1.807) is 48.5 Å². The minimum atomic E-state index is -4.34. The van der Waals surface area contributed by atoms with Gasteiger partial charge in [0.15, 0.2) is 0 Å². The molecular formula is C37H42ClN3O6S. The van der Waals surface area contributed by atoms with Crippen LogP contribution in [0, 0.1) is 6.92 Å². The number of carbonyl (C=O) groups is 2. The van der Waals surface area contributed by atoms with Crippen molar-refractivity contribution in [3.63, 3.8) is 0 Å². The van der Waals surface area contributed by atoms with Crippen LogP contribution in [0.5, 0.6) is 11.5 Å². The minimum absolute atomic E-state index is 0.0126. The Hall–Kier alpha value is -4.54. The predicted molar refractivity (Wildman–Crippen MR) is 189 cm³/mol. The zero-order valence-electron chi connectivity index (χ0n) is 28.1. The van der Waals surface area contributed by atoms with E-state index in [1.165, 1.54) is 37.3 Å². The fraction of sp³-hybridized carbons (Fsp3) is 0.297. The molecule has 1 N–H and O–H groups in total. The van der Waals surface area contributed by atoms with Crippen molar-refractivity contribution in [2.24, 2.45) is 0 Å². The molecule has 0 radical (unpaired) electrons. The SMILES string of the molecule is COc1ccc(OC)c(N(CC(=O)N(Cc2ccc(Cl)cc2)[C@H](Cc2ccccc2)C(=O)NC(C)(C)C)S(=O)(=O)c2ccc(C)cc2)c1. The van der Waals surface area contributed by atoms with E-state index in [0.717, 1.165) is 15.4 Å². The number of anilines is 1. The molecule has 0 spiro atoms. The maximum absolute atomic E-state index is 14.7. The maximum atomic E-state index is 14.7. The van der Waals surface area contributed by atoms with Crippen LogP contribution in [0.1, 0.15) is 37.5 Å². The van der Waals surface area contributed by atoms with Gasteiger partial charge in [-0.25, -0.2) is 8.42 Å². The van der Waals surface area contributed by atoms with Crippen LogP contribution in [0.25, 0.3) is 0 Å². The van der Waals surface area contributed by atoms with Gasteiger partial charge >= 0.3 is 0 Å². The predicted octanol–water partition coefficient (Wildman–Crippen LogP) is 6.42. The normalized spacial score (nSPS) is 12.1. The summed E-state index contributed by atoms with van der Waals surface area (Å²) in [6, 6.07) is 26.4. The highest BCUT2D eigenvalue weighted by Crippen LogP contribution is 2.36. The first-order valence-corrected chi connectivity index (χ1v) is 17.2. The van der Waals surface area contributed by atoms with Gasteiger partial charge in [0.1, 0.15) is 24.1 Å². The number of nitrogens with zero attached hydrogens (tertiary/aromatic N) is 2. The van der Waals surface area contributed by atoms with E-state index in [0.29, 0.717) is 16.3 Å². The smallest absolute Gasteiger partial charge is 0.264 e. The van der Waals surface area contributed by atoms with E-state index in [1.807, 2.05) is 58.0 Å². The number of hydrogen-bond donors (Lipinski definition) is 1. The fourth-order valence-corrected chi connectivity index (χ4v) is 6.68. The van der Waals surface area contributed by atoms with Crippen LogP contribution in [0.4, 0.5) is 5.69 Å². The first kappa shape index (κ1) is 36.3. The van der Waals surface area contributed by atoms with Gasteiger partial charge in [0, 0.05) is 29.6 Å². The molecule has 4 rings (SSSR count). The second kappa shape index (κ2) is 15.6. The van der Waals surface area contributed by atoms with Crippen LogP contribution in [0.15, 0.2) is 102 Å². The van der Waals surface area contributed by atoms with Crippen LogP contribution in [0.2, 0.25) is 5.02 Å². The molecule has 254 valence electrons. The first-order chi connectivity index (χ1) is 22.7. The molecule has 0 aliphatic rings. The lowest BCUT2D eigenvalue weighted by Crippen LogP contribution is -2.56. The lowest BCUT2D eigenvalue weighted by atomic mass is 10.0. The molecule has 2 amide bonds. The Morgan fingerprint density at radius 1 is 0.854 bits per heavy atom. The van der Waals surface area contributed by atoms with Gasteiger partial charge in [0.2, 0.25) is 11.8 Å². The lowest BCUT2D eigenvalue weighted by molar-refractivity contribution is -0.140. The molecule has 0 saturated carbocycles. The molecule has 0 fully saturated rings. The molecule has 0 aliphatic heterocycles. The molecule has 9 nitrogen and oxygen atoms in total. The van der Waals surface area contributed by atoms with Crippen molar-refractivity contribution < 1.29 is 27.5 Å². The summed E-state index contributed by atoms with van der Waals surface area (Å²) < 4.78 is 40.8. The fourth-order valence-electron chi connectivity index (χ4n) is 5.14. The average Bonchev–Trinajstić information content (AvgIpc) is 3.05. The van der Waals surface area contributed by atoms with Crippen molar-refractivity contribution in [1.82, 2.24) is 10.2 Å². The van der Waals surface area contributed by atoms with Crippen molar-refractivity contribution in [2.45, 2.75) is 57.1 Å². The van der Waals surface area contributed by atoms with Gasteiger partial charge in [0.25, 0.3) is 10.0 Å². The molecular weight excluding hydrogens is 650 g/mol. The monoisotopic (exact) mass is 691 g/mol. The van der Waals surface area contributed by atoms with Crippen LogP contribution in [-0.2, 0) is 32.6 Å². The summed E-state index contributed by atoms with van der Waals surface area (Å²) in [5.74, 6) is -0.391. The van der Waals surface area contributed by atoms with Gasteiger partial charge in [-0.15, -0.1) is 0 Å². The van der Waals surface area contributed by atoms with Gasteiger partial charge in [-0.2, -0.15) is 0 Å². The molecule has 0 saturated heterocycles. The highest BCUT2D eigenvalue weighted by molar-refractivity contribution is 7.92.